The van der Waals surface area contributed by atoms with E-state index in [0.29, 0.717) is 16.7 Å². The molecule has 7 heteroatoms. The van der Waals surface area contributed by atoms with E-state index in [4.69, 9.17) is 4.42 Å². The number of fused-ring (bicyclic) bond motifs is 1. The highest BCUT2D eigenvalue weighted by Gasteiger charge is 2.21. The molecule has 1 saturated heterocycles. The maximum Gasteiger partial charge on any atom is 0.420 e. The summed E-state index contributed by atoms with van der Waals surface area (Å²) in [6.07, 6.45) is 9.85. The number of rotatable bonds is 4. The number of carbonyl (C=O) groups excluding carboxylic acids is 2. The third-order valence-electron chi connectivity index (χ3n) is 6.08. The van der Waals surface area contributed by atoms with Gasteiger partial charge in [-0.05, 0) is 50.3 Å². The van der Waals surface area contributed by atoms with Crippen molar-refractivity contribution in [3.8, 4) is 0 Å². The van der Waals surface area contributed by atoms with Crippen LogP contribution >= 0.6 is 0 Å². The Labute approximate surface area is 170 Å². The van der Waals surface area contributed by atoms with Gasteiger partial charge in [0.25, 0.3) is 5.91 Å². The van der Waals surface area contributed by atoms with Crippen molar-refractivity contribution in [2.75, 3.05) is 13.1 Å². The Kier molecular flexibility index (Phi) is 6.02. The average molecular weight is 399 g/mol. The lowest BCUT2D eigenvalue weighted by Crippen LogP contribution is -2.38. The van der Waals surface area contributed by atoms with Gasteiger partial charge in [-0.3, -0.25) is 14.2 Å². The van der Waals surface area contributed by atoms with Gasteiger partial charge in [0, 0.05) is 24.7 Å². The Balaban J connectivity index is 1.52. The average Bonchev–Trinajstić information content (AvgIpc) is 2.88. The molecule has 2 aliphatic rings. The summed E-state index contributed by atoms with van der Waals surface area (Å²) in [5.74, 6) is -0.789. The zero-order valence-electron chi connectivity index (χ0n) is 16.8. The minimum absolute atomic E-state index is 0.0327. The molecular formula is C22H29N3O4. The van der Waals surface area contributed by atoms with E-state index in [9.17, 15) is 14.4 Å². The first kappa shape index (κ1) is 19.7. The van der Waals surface area contributed by atoms with E-state index in [-0.39, 0.29) is 24.4 Å². The molecular weight excluding hydrogens is 370 g/mol. The Morgan fingerprint density at radius 2 is 1.69 bits per heavy atom. The predicted molar refractivity (Wildman–Crippen MR) is 110 cm³/mol. The molecule has 2 fully saturated rings. The molecule has 0 unspecified atom stereocenters. The van der Waals surface area contributed by atoms with Crippen LogP contribution in [0.5, 0.6) is 0 Å². The minimum Gasteiger partial charge on any atom is -0.408 e. The van der Waals surface area contributed by atoms with Crippen LogP contribution in [0.2, 0.25) is 0 Å². The number of piperidine rings is 1. The third kappa shape index (κ3) is 4.54. The van der Waals surface area contributed by atoms with E-state index in [1.807, 2.05) is 4.90 Å². The number of aromatic nitrogens is 1. The molecule has 1 N–H and O–H groups in total. The van der Waals surface area contributed by atoms with Crippen LogP contribution < -0.4 is 11.1 Å². The van der Waals surface area contributed by atoms with E-state index in [0.717, 1.165) is 58.0 Å². The van der Waals surface area contributed by atoms with Gasteiger partial charge in [0.1, 0.15) is 6.54 Å². The molecule has 0 radical (unpaired) electrons. The number of hydrogen-bond donors (Lipinski definition) is 1. The van der Waals surface area contributed by atoms with Gasteiger partial charge in [-0.15, -0.1) is 0 Å². The largest absolute Gasteiger partial charge is 0.420 e. The SMILES string of the molecule is O=C(Cn1c(=O)oc2ccc(C(=O)N3CCCCC3)cc21)NC1CCCCCC1. The van der Waals surface area contributed by atoms with Gasteiger partial charge in [-0.2, -0.15) is 0 Å². The Bertz CT molecular complexity index is 931. The fraction of sp³-hybridized carbons (Fsp3) is 0.591. The van der Waals surface area contributed by atoms with Crippen LogP contribution in [0.25, 0.3) is 11.1 Å². The molecule has 0 spiro atoms. The smallest absolute Gasteiger partial charge is 0.408 e. The van der Waals surface area contributed by atoms with Crippen molar-refractivity contribution < 1.29 is 14.0 Å². The molecule has 2 aromatic rings. The van der Waals surface area contributed by atoms with Crippen LogP contribution in [-0.2, 0) is 11.3 Å². The van der Waals surface area contributed by atoms with Gasteiger partial charge in [0.2, 0.25) is 5.91 Å². The number of benzene rings is 1. The van der Waals surface area contributed by atoms with Crippen LogP contribution in [0.1, 0.15) is 68.1 Å². The summed E-state index contributed by atoms with van der Waals surface area (Å²) in [5.41, 5.74) is 1.42. The fourth-order valence-corrected chi connectivity index (χ4v) is 4.47. The summed E-state index contributed by atoms with van der Waals surface area (Å²) < 4.78 is 6.62. The number of hydrogen-bond acceptors (Lipinski definition) is 4. The minimum atomic E-state index is -0.571. The molecule has 29 heavy (non-hydrogen) atoms. The molecule has 7 nitrogen and oxygen atoms in total. The second-order valence-corrected chi connectivity index (χ2v) is 8.25. The van der Waals surface area contributed by atoms with Crippen molar-refractivity contribution in [1.29, 1.82) is 0 Å². The maximum absolute atomic E-state index is 12.8. The van der Waals surface area contributed by atoms with Crippen LogP contribution in [0, 0.1) is 0 Å². The molecule has 1 saturated carbocycles. The van der Waals surface area contributed by atoms with Gasteiger partial charge in [0.05, 0.1) is 5.52 Å². The first-order valence-corrected chi connectivity index (χ1v) is 10.8. The summed E-state index contributed by atoms with van der Waals surface area (Å²) in [5, 5.41) is 3.06. The Morgan fingerprint density at radius 3 is 2.41 bits per heavy atom. The van der Waals surface area contributed by atoms with Crippen molar-refractivity contribution in [2.45, 2.75) is 70.4 Å². The van der Waals surface area contributed by atoms with E-state index >= 15 is 0 Å². The van der Waals surface area contributed by atoms with Gasteiger partial charge in [-0.1, -0.05) is 25.7 Å². The number of amides is 2. The highest BCUT2D eigenvalue weighted by atomic mass is 16.4. The first-order chi connectivity index (χ1) is 14.1. The summed E-state index contributed by atoms with van der Waals surface area (Å²) in [6, 6.07) is 5.19. The quantitative estimate of drug-likeness (QED) is 0.801. The number of nitrogens with one attached hydrogen (secondary N) is 1. The van der Waals surface area contributed by atoms with E-state index < -0.39 is 5.76 Å². The lowest BCUT2D eigenvalue weighted by Gasteiger charge is -2.26. The summed E-state index contributed by atoms with van der Waals surface area (Å²) in [7, 11) is 0. The zero-order valence-corrected chi connectivity index (χ0v) is 16.8. The standard InChI is InChI=1S/C22H29N3O4/c26-20(23-17-8-4-1-2-5-9-17)15-25-18-14-16(10-11-19(18)29-22(25)28)21(27)24-12-6-3-7-13-24/h10-11,14,17H,1-9,12-13,15H2,(H,23,26). The number of carbonyl (C=O) groups is 2. The lowest BCUT2D eigenvalue weighted by atomic mass is 10.1. The second kappa shape index (κ2) is 8.84. The van der Waals surface area contributed by atoms with Crippen molar-refractivity contribution in [2.24, 2.45) is 0 Å². The fourth-order valence-electron chi connectivity index (χ4n) is 4.47. The molecule has 2 heterocycles. The Hall–Kier alpha value is -2.57. The molecule has 156 valence electrons. The topological polar surface area (TPSA) is 84.5 Å². The molecule has 1 aromatic heterocycles. The van der Waals surface area contributed by atoms with E-state index in [1.54, 1.807) is 18.2 Å². The second-order valence-electron chi connectivity index (χ2n) is 8.25. The maximum atomic E-state index is 12.8. The summed E-state index contributed by atoms with van der Waals surface area (Å²) in [4.78, 5) is 39.6. The van der Waals surface area contributed by atoms with E-state index in [2.05, 4.69) is 5.32 Å². The van der Waals surface area contributed by atoms with Crippen molar-refractivity contribution in [3.05, 3.63) is 34.3 Å². The zero-order chi connectivity index (χ0) is 20.2. The molecule has 2 amide bonds. The van der Waals surface area contributed by atoms with Crippen molar-refractivity contribution in [1.82, 2.24) is 14.8 Å². The Morgan fingerprint density at radius 1 is 1.00 bits per heavy atom. The highest BCUT2D eigenvalue weighted by molar-refractivity contribution is 5.97. The highest BCUT2D eigenvalue weighted by Crippen LogP contribution is 2.20. The molecule has 1 aromatic carbocycles. The van der Waals surface area contributed by atoms with Crippen molar-refractivity contribution >= 4 is 22.9 Å². The predicted octanol–water partition coefficient (Wildman–Crippen LogP) is 3.06. The number of oxazole rings is 1. The van der Waals surface area contributed by atoms with Crippen LogP contribution in [-0.4, -0.2) is 40.4 Å². The van der Waals surface area contributed by atoms with Crippen molar-refractivity contribution in [3.63, 3.8) is 0 Å². The normalized spacial score (nSPS) is 18.6. The molecule has 1 aliphatic carbocycles. The van der Waals surface area contributed by atoms with Crippen LogP contribution in [0.4, 0.5) is 0 Å². The van der Waals surface area contributed by atoms with Crippen LogP contribution in [0.3, 0.4) is 0 Å². The summed E-state index contributed by atoms with van der Waals surface area (Å²) >= 11 is 0. The molecule has 1 aliphatic heterocycles. The monoisotopic (exact) mass is 399 g/mol. The van der Waals surface area contributed by atoms with E-state index in [1.165, 1.54) is 17.4 Å². The van der Waals surface area contributed by atoms with Crippen LogP contribution in [0.15, 0.2) is 27.4 Å². The third-order valence-corrected chi connectivity index (χ3v) is 6.08. The first-order valence-electron chi connectivity index (χ1n) is 10.8. The van der Waals surface area contributed by atoms with Gasteiger partial charge in [0.15, 0.2) is 5.58 Å². The molecule has 0 atom stereocenters. The van der Waals surface area contributed by atoms with Gasteiger partial charge < -0.3 is 14.6 Å². The molecule has 4 rings (SSSR count). The van der Waals surface area contributed by atoms with Gasteiger partial charge in [-0.25, -0.2) is 4.79 Å². The summed E-state index contributed by atoms with van der Waals surface area (Å²) in [6.45, 7) is 1.43. The lowest BCUT2D eigenvalue weighted by molar-refractivity contribution is -0.122. The van der Waals surface area contributed by atoms with Gasteiger partial charge >= 0.3 is 5.76 Å². The molecule has 0 bridgehead atoms. The number of likely N-dealkylation sites (tertiary alicyclic amines) is 1. The number of nitrogens with zero attached hydrogens (tertiary/aromatic N) is 2.